The molecule has 1 aliphatic heterocycles. The first-order chi connectivity index (χ1) is 12.2. The number of ether oxygens (including phenoxy) is 1. The fraction of sp³-hybridized carbons (Fsp3) is 0.350. The predicted molar refractivity (Wildman–Crippen MR) is 101 cm³/mol. The molecule has 2 aromatic rings. The van der Waals surface area contributed by atoms with Crippen LogP contribution in [-0.4, -0.2) is 31.1 Å². The van der Waals surface area contributed by atoms with Crippen molar-refractivity contribution in [2.24, 2.45) is 0 Å². The molecule has 1 fully saturated rings. The van der Waals surface area contributed by atoms with Crippen LogP contribution in [0.4, 0.5) is 16.2 Å². The smallest absolute Gasteiger partial charge is 0.323 e. The van der Waals surface area contributed by atoms with Crippen LogP contribution in [0, 0.1) is 0 Å². The molecule has 0 aliphatic carbocycles. The molecule has 2 aromatic carbocycles. The van der Waals surface area contributed by atoms with E-state index < -0.39 is 0 Å². The number of amides is 2. The number of urea groups is 1. The van der Waals surface area contributed by atoms with Gasteiger partial charge in [-0.15, -0.1) is 0 Å². The number of hydrogen-bond acceptors (Lipinski definition) is 3. The van der Waals surface area contributed by atoms with Gasteiger partial charge in [-0.05, 0) is 67.9 Å². The summed E-state index contributed by atoms with van der Waals surface area (Å²) in [4.78, 5) is 14.6. The molecule has 0 saturated carbocycles. The number of likely N-dealkylation sites (tertiary alicyclic amines) is 1. The second-order valence-corrected chi connectivity index (χ2v) is 6.34. The van der Waals surface area contributed by atoms with Gasteiger partial charge in [0.05, 0.1) is 7.11 Å². The molecule has 1 aliphatic rings. The molecule has 5 heteroatoms. The highest BCUT2D eigenvalue weighted by Gasteiger charge is 2.10. The van der Waals surface area contributed by atoms with Gasteiger partial charge in [0.2, 0.25) is 0 Å². The topological polar surface area (TPSA) is 53.6 Å². The van der Waals surface area contributed by atoms with Crippen LogP contribution in [0.3, 0.4) is 0 Å². The third-order valence-electron chi connectivity index (χ3n) is 4.41. The maximum absolute atomic E-state index is 12.1. The van der Waals surface area contributed by atoms with Crippen LogP contribution in [-0.2, 0) is 6.54 Å². The van der Waals surface area contributed by atoms with E-state index in [1.54, 1.807) is 19.2 Å². The van der Waals surface area contributed by atoms with Crippen molar-refractivity contribution in [3.63, 3.8) is 0 Å². The Morgan fingerprint density at radius 1 is 0.920 bits per heavy atom. The third kappa shape index (κ3) is 5.22. The van der Waals surface area contributed by atoms with Crippen LogP contribution in [0.5, 0.6) is 5.75 Å². The van der Waals surface area contributed by atoms with E-state index in [2.05, 4.69) is 27.7 Å². The normalized spacial score (nSPS) is 14.8. The molecule has 25 heavy (non-hydrogen) atoms. The van der Waals surface area contributed by atoms with Crippen molar-refractivity contribution in [2.45, 2.75) is 25.8 Å². The number of benzene rings is 2. The van der Waals surface area contributed by atoms with Gasteiger partial charge in [-0.25, -0.2) is 4.79 Å². The summed E-state index contributed by atoms with van der Waals surface area (Å²) < 4.78 is 5.10. The van der Waals surface area contributed by atoms with Gasteiger partial charge in [0.1, 0.15) is 5.75 Å². The highest BCUT2D eigenvalue weighted by atomic mass is 16.5. The maximum atomic E-state index is 12.1. The van der Waals surface area contributed by atoms with Gasteiger partial charge in [-0.3, -0.25) is 4.90 Å². The van der Waals surface area contributed by atoms with Gasteiger partial charge in [-0.1, -0.05) is 18.6 Å². The molecule has 0 aromatic heterocycles. The molecule has 2 amide bonds. The number of nitrogens with one attached hydrogen (secondary N) is 2. The maximum Gasteiger partial charge on any atom is 0.323 e. The SMILES string of the molecule is COc1ccc(NC(=O)Nc2ccc(CN3CCCCC3)cc2)cc1. The van der Waals surface area contributed by atoms with Crippen molar-refractivity contribution < 1.29 is 9.53 Å². The molecule has 132 valence electrons. The molecule has 1 saturated heterocycles. The van der Waals surface area contributed by atoms with Gasteiger partial charge in [-0.2, -0.15) is 0 Å². The number of piperidine rings is 1. The Bertz CT molecular complexity index is 677. The molecule has 0 spiro atoms. The fourth-order valence-corrected chi connectivity index (χ4v) is 3.04. The van der Waals surface area contributed by atoms with Crippen molar-refractivity contribution in [1.29, 1.82) is 0 Å². The summed E-state index contributed by atoms with van der Waals surface area (Å²) in [7, 11) is 1.62. The number of rotatable bonds is 5. The van der Waals surface area contributed by atoms with Crippen molar-refractivity contribution in [1.82, 2.24) is 4.90 Å². The second kappa shape index (κ2) is 8.53. The van der Waals surface area contributed by atoms with Crippen molar-refractivity contribution in [3.8, 4) is 5.75 Å². The van der Waals surface area contributed by atoms with E-state index in [1.165, 1.54) is 37.9 Å². The van der Waals surface area contributed by atoms with Crippen molar-refractivity contribution >= 4 is 17.4 Å². The van der Waals surface area contributed by atoms with Gasteiger partial charge in [0.25, 0.3) is 0 Å². The number of methoxy groups -OCH3 is 1. The van der Waals surface area contributed by atoms with Gasteiger partial charge < -0.3 is 15.4 Å². The Morgan fingerprint density at radius 2 is 1.48 bits per heavy atom. The number of hydrogen-bond donors (Lipinski definition) is 2. The van der Waals surface area contributed by atoms with Crippen LogP contribution in [0.1, 0.15) is 24.8 Å². The zero-order valence-electron chi connectivity index (χ0n) is 14.6. The molecular weight excluding hydrogens is 314 g/mol. The van der Waals surface area contributed by atoms with Crippen molar-refractivity contribution in [3.05, 3.63) is 54.1 Å². The summed E-state index contributed by atoms with van der Waals surface area (Å²) in [6, 6.07) is 15.0. The highest BCUT2D eigenvalue weighted by Crippen LogP contribution is 2.17. The van der Waals surface area contributed by atoms with Crippen LogP contribution in [0.2, 0.25) is 0 Å². The number of anilines is 2. The summed E-state index contributed by atoms with van der Waals surface area (Å²) in [5.74, 6) is 0.759. The average Bonchev–Trinajstić information content (AvgIpc) is 2.65. The Kier molecular flexibility index (Phi) is 5.90. The minimum Gasteiger partial charge on any atom is -0.497 e. The van der Waals surface area contributed by atoms with Crippen LogP contribution < -0.4 is 15.4 Å². The van der Waals surface area contributed by atoms with Crippen molar-refractivity contribution in [2.75, 3.05) is 30.8 Å². The Hall–Kier alpha value is -2.53. The van der Waals surface area contributed by atoms with Crippen LogP contribution in [0.25, 0.3) is 0 Å². The molecule has 3 rings (SSSR count). The molecule has 2 N–H and O–H groups in total. The van der Waals surface area contributed by atoms with E-state index in [0.717, 1.165) is 23.7 Å². The first-order valence-corrected chi connectivity index (χ1v) is 8.76. The van der Waals surface area contributed by atoms with Gasteiger partial charge in [0.15, 0.2) is 0 Å². The zero-order chi connectivity index (χ0) is 17.5. The average molecular weight is 339 g/mol. The standard InChI is InChI=1S/C20H25N3O2/c1-25-19-11-9-18(10-12-19)22-20(24)21-17-7-5-16(6-8-17)15-23-13-3-2-4-14-23/h5-12H,2-4,13-15H2,1H3,(H2,21,22,24). The lowest BCUT2D eigenvalue weighted by atomic mass is 10.1. The monoisotopic (exact) mass is 339 g/mol. The highest BCUT2D eigenvalue weighted by molar-refractivity contribution is 5.99. The van der Waals surface area contributed by atoms with Gasteiger partial charge in [0, 0.05) is 17.9 Å². The Morgan fingerprint density at radius 3 is 2.04 bits per heavy atom. The third-order valence-corrected chi connectivity index (χ3v) is 4.41. The lowest BCUT2D eigenvalue weighted by molar-refractivity contribution is 0.221. The first-order valence-electron chi connectivity index (χ1n) is 8.76. The number of carbonyl (C=O) groups excluding carboxylic acids is 1. The van der Waals surface area contributed by atoms with E-state index in [-0.39, 0.29) is 6.03 Å². The second-order valence-electron chi connectivity index (χ2n) is 6.34. The summed E-state index contributed by atoms with van der Waals surface area (Å²) in [5, 5.41) is 5.66. The molecular formula is C20H25N3O2. The fourth-order valence-electron chi connectivity index (χ4n) is 3.04. The lowest BCUT2D eigenvalue weighted by Gasteiger charge is -2.26. The summed E-state index contributed by atoms with van der Waals surface area (Å²) in [6.45, 7) is 3.35. The lowest BCUT2D eigenvalue weighted by Crippen LogP contribution is -2.29. The molecule has 5 nitrogen and oxygen atoms in total. The quantitative estimate of drug-likeness (QED) is 0.853. The van der Waals surface area contributed by atoms with E-state index in [0.29, 0.717) is 0 Å². The predicted octanol–water partition coefficient (Wildman–Crippen LogP) is 4.33. The van der Waals surface area contributed by atoms with E-state index >= 15 is 0 Å². The minimum atomic E-state index is -0.256. The molecule has 1 heterocycles. The van der Waals surface area contributed by atoms with Gasteiger partial charge >= 0.3 is 6.03 Å². The largest absolute Gasteiger partial charge is 0.497 e. The van der Waals surface area contributed by atoms with Crippen LogP contribution in [0.15, 0.2) is 48.5 Å². The zero-order valence-corrected chi connectivity index (χ0v) is 14.6. The summed E-state index contributed by atoms with van der Waals surface area (Å²) in [6.07, 6.45) is 3.94. The van der Waals surface area contributed by atoms with E-state index in [1.807, 2.05) is 24.3 Å². The Balaban J connectivity index is 1.50. The summed E-state index contributed by atoms with van der Waals surface area (Å²) >= 11 is 0. The number of nitrogens with zero attached hydrogens (tertiary/aromatic N) is 1. The Labute approximate surface area is 149 Å². The number of carbonyl (C=O) groups is 1. The minimum absolute atomic E-state index is 0.256. The molecule has 0 bridgehead atoms. The van der Waals surface area contributed by atoms with E-state index in [9.17, 15) is 4.79 Å². The molecule has 0 radical (unpaired) electrons. The first kappa shape index (κ1) is 17.3. The van der Waals surface area contributed by atoms with Crippen LogP contribution >= 0.6 is 0 Å². The van der Waals surface area contributed by atoms with E-state index in [4.69, 9.17) is 4.74 Å². The molecule has 0 unspecified atom stereocenters. The molecule has 0 atom stereocenters. The summed E-state index contributed by atoms with van der Waals surface area (Å²) in [5.41, 5.74) is 2.79.